The van der Waals surface area contributed by atoms with E-state index in [1.54, 1.807) is 6.92 Å². The molecule has 20 heavy (non-hydrogen) atoms. The maximum Gasteiger partial charge on any atom is 0.257 e. The predicted octanol–water partition coefficient (Wildman–Crippen LogP) is 2.44. The van der Waals surface area contributed by atoms with Gasteiger partial charge in [-0.1, -0.05) is 0 Å². The van der Waals surface area contributed by atoms with E-state index >= 15 is 0 Å². The molecule has 0 saturated carbocycles. The van der Waals surface area contributed by atoms with Crippen LogP contribution in [0.1, 0.15) is 17.3 Å². The molecule has 1 heterocycles. The fourth-order valence-electron chi connectivity index (χ4n) is 1.60. The van der Waals surface area contributed by atoms with Crippen molar-refractivity contribution < 1.29 is 13.6 Å². The Labute approximate surface area is 114 Å². The number of nitrogens with one attached hydrogen (secondary N) is 2. The second kappa shape index (κ2) is 6.05. The molecule has 0 unspecified atom stereocenters. The van der Waals surface area contributed by atoms with E-state index in [9.17, 15) is 13.6 Å². The maximum absolute atomic E-state index is 13.7. The van der Waals surface area contributed by atoms with Gasteiger partial charge in [0.2, 0.25) is 0 Å². The first kappa shape index (κ1) is 13.9. The van der Waals surface area contributed by atoms with Crippen LogP contribution in [0.25, 0.3) is 0 Å². The molecule has 5 nitrogen and oxygen atoms in total. The summed E-state index contributed by atoms with van der Waals surface area (Å²) in [5.74, 6) is -2.10. The summed E-state index contributed by atoms with van der Waals surface area (Å²) >= 11 is 0. The van der Waals surface area contributed by atoms with Gasteiger partial charge in [-0.25, -0.2) is 13.8 Å². The van der Waals surface area contributed by atoms with Gasteiger partial charge in [0.1, 0.15) is 17.3 Å². The lowest BCUT2D eigenvalue weighted by molar-refractivity contribution is 0.102. The Balaban J connectivity index is 2.23. The molecule has 0 radical (unpaired) electrons. The molecule has 7 heteroatoms. The van der Waals surface area contributed by atoms with Crippen molar-refractivity contribution in [2.24, 2.45) is 0 Å². The Morgan fingerprint density at radius 2 is 1.95 bits per heavy atom. The molecule has 0 saturated heterocycles. The van der Waals surface area contributed by atoms with Crippen LogP contribution in [-0.4, -0.2) is 22.4 Å². The van der Waals surface area contributed by atoms with Gasteiger partial charge in [0.25, 0.3) is 5.91 Å². The number of hydrogen-bond donors (Lipinski definition) is 2. The molecule has 1 aromatic heterocycles. The van der Waals surface area contributed by atoms with Crippen LogP contribution in [0.15, 0.2) is 30.7 Å². The van der Waals surface area contributed by atoms with Crippen LogP contribution in [-0.2, 0) is 0 Å². The summed E-state index contributed by atoms with van der Waals surface area (Å²) in [4.78, 5) is 19.5. The summed E-state index contributed by atoms with van der Waals surface area (Å²) in [5.41, 5.74) is -0.379. The first-order valence-corrected chi connectivity index (χ1v) is 5.92. The van der Waals surface area contributed by atoms with E-state index in [1.807, 2.05) is 0 Å². The number of carbonyl (C=O) groups excluding carboxylic acids is 1. The van der Waals surface area contributed by atoms with Gasteiger partial charge in [-0.15, -0.1) is 0 Å². The van der Waals surface area contributed by atoms with Gasteiger partial charge in [-0.05, 0) is 19.1 Å². The smallest absolute Gasteiger partial charge is 0.257 e. The van der Waals surface area contributed by atoms with Crippen molar-refractivity contribution in [1.29, 1.82) is 0 Å². The standard InChI is InChI=1S/C13H12F2N4O/c1-2-17-12-9(14)5-8(6-10(12)15)13(20)19-11-7-16-3-4-18-11/h3-7,17H,2H2,1H3,(H,18,19,20). The molecule has 104 valence electrons. The van der Waals surface area contributed by atoms with Crippen LogP contribution in [0.3, 0.4) is 0 Å². The first-order valence-electron chi connectivity index (χ1n) is 5.92. The Bertz CT molecular complexity index is 596. The lowest BCUT2D eigenvalue weighted by atomic mass is 10.1. The minimum atomic E-state index is -0.823. The number of carbonyl (C=O) groups is 1. The number of anilines is 2. The van der Waals surface area contributed by atoms with Gasteiger partial charge in [-0.2, -0.15) is 0 Å². The van der Waals surface area contributed by atoms with E-state index in [1.165, 1.54) is 18.6 Å². The normalized spacial score (nSPS) is 10.2. The van der Waals surface area contributed by atoms with Crippen molar-refractivity contribution in [1.82, 2.24) is 9.97 Å². The molecule has 0 aliphatic heterocycles. The van der Waals surface area contributed by atoms with Gasteiger partial charge in [-0.3, -0.25) is 9.78 Å². The van der Waals surface area contributed by atoms with Crippen molar-refractivity contribution in [2.45, 2.75) is 6.92 Å². The van der Waals surface area contributed by atoms with E-state index in [0.29, 0.717) is 6.54 Å². The van der Waals surface area contributed by atoms with Crippen LogP contribution in [0.5, 0.6) is 0 Å². The SMILES string of the molecule is CCNc1c(F)cc(C(=O)Nc2cnccn2)cc1F. The summed E-state index contributed by atoms with van der Waals surface area (Å²) < 4.78 is 27.4. The largest absolute Gasteiger partial charge is 0.381 e. The average molecular weight is 278 g/mol. The summed E-state index contributed by atoms with van der Waals surface area (Å²) in [6.07, 6.45) is 4.17. The Hall–Kier alpha value is -2.57. The third-order valence-electron chi connectivity index (χ3n) is 2.46. The number of halogens is 2. The molecular formula is C13H12F2N4O. The van der Waals surface area contributed by atoms with E-state index in [-0.39, 0.29) is 17.1 Å². The molecule has 0 atom stereocenters. The quantitative estimate of drug-likeness (QED) is 0.901. The summed E-state index contributed by atoms with van der Waals surface area (Å²) in [6, 6.07) is 1.93. The monoisotopic (exact) mass is 278 g/mol. The highest BCUT2D eigenvalue weighted by Crippen LogP contribution is 2.21. The molecule has 1 amide bonds. The van der Waals surface area contributed by atoms with Crippen LogP contribution < -0.4 is 10.6 Å². The van der Waals surface area contributed by atoms with Crippen molar-refractivity contribution in [3.8, 4) is 0 Å². The lowest BCUT2D eigenvalue weighted by Crippen LogP contribution is -2.14. The summed E-state index contributed by atoms with van der Waals surface area (Å²) in [5, 5.41) is 4.95. The Morgan fingerprint density at radius 1 is 1.25 bits per heavy atom. The van der Waals surface area contributed by atoms with Gasteiger partial charge in [0, 0.05) is 24.5 Å². The zero-order valence-electron chi connectivity index (χ0n) is 10.7. The Kier molecular flexibility index (Phi) is 4.19. The Morgan fingerprint density at radius 3 is 2.50 bits per heavy atom. The van der Waals surface area contributed by atoms with Crippen molar-refractivity contribution in [3.05, 3.63) is 47.9 Å². The average Bonchev–Trinajstić information content (AvgIpc) is 2.43. The summed E-state index contributed by atoms with van der Waals surface area (Å²) in [7, 11) is 0. The molecule has 0 aliphatic rings. The minimum absolute atomic E-state index is 0.132. The highest BCUT2D eigenvalue weighted by Gasteiger charge is 2.15. The molecule has 2 N–H and O–H groups in total. The van der Waals surface area contributed by atoms with Gasteiger partial charge < -0.3 is 10.6 Å². The zero-order chi connectivity index (χ0) is 14.5. The lowest BCUT2D eigenvalue weighted by Gasteiger charge is -2.09. The predicted molar refractivity (Wildman–Crippen MR) is 70.5 cm³/mol. The summed E-state index contributed by atoms with van der Waals surface area (Å²) in [6.45, 7) is 2.09. The van der Waals surface area contributed by atoms with Crippen molar-refractivity contribution in [2.75, 3.05) is 17.2 Å². The van der Waals surface area contributed by atoms with Crippen LogP contribution in [0.4, 0.5) is 20.3 Å². The third kappa shape index (κ3) is 3.05. The molecule has 0 bridgehead atoms. The number of benzene rings is 1. The number of hydrogen-bond acceptors (Lipinski definition) is 4. The van der Waals surface area contributed by atoms with Crippen LogP contribution in [0, 0.1) is 11.6 Å². The van der Waals surface area contributed by atoms with E-state index in [2.05, 4.69) is 20.6 Å². The maximum atomic E-state index is 13.7. The second-order valence-electron chi connectivity index (χ2n) is 3.89. The topological polar surface area (TPSA) is 66.9 Å². The molecule has 2 aromatic rings. The third-order valence-corrected chi connectivity index (χ3v) is 2.46. The second-order valence-corrected chi connectivity index (χ2v) is 3.89. The molecular weight excluding hydrogens is 266 g/mol. The van der Waals surface area contributed by atoms with Gasteiger partial charge >= 0.3 is 0 Å². The zero-order valence-corrected chi connectivity index (χ0v) is 10.7. The number of nitrogens with zero attached hydrogens (tertiary/aromatic N) is 2. The first-order chi connectivity index (χ1) is 9.61. The highest BCUT2D eigenvalue weighted by molar-refractivity contribution is 6.03. The fourth-order valence-corrected chi connectivity index (χ4v) is 1.60. The molecule has 0 fully saturated rings. The molecule has 1 aromatic carbocycles. The van der Waals surface area contributed by atoms with E-state index in [0.717, 1.165) is 12.1 Å². The minimum Gasteiger partial charge on any atom is -0.381 e. The van der Waals surface area contributed by atoms with Crippen molar-refractivity contribution in [3.63, 3.8) is 0 Å². The van der Waals surface area contributed by atoms with Crippen molar-refractivity contribution >= 4 is 17.4 Å². The number of rotatable bonds is 4. The molecule has 0 spiro atoms. The number of aromatic nitrogens is 2. The molecule has 0 aliphatic carbocycles. The van der Waals surface area contributed by atoms with E-state index in [4.69, 9.17) is 0 Å². The molecule has 2 rings (SSSR count). The van der Waals surface area contributed by atoms with Crippen LogP contribution >= 0.6 is 0 Å². The van der Waals surface area contributed by atoms with Gasteiger partial charge in [0.05, 0.1) is 6.20 Å². The fraction of sp³-hybridized carbons (Fsp3) is 0.154. The number of amides is 1. The van der Waals surface area contributed by atoms with E-state index < -0.39 is 17.5 Å². The van der Waals surface area contributed by atoms with Gasteiger partial charge in [0.15, 0.2) is 5.82 Å². The highest BCUT2D eigenvalue weighted by atomic mass is 19.1. The van der Waals surface area contributed by atoms with Crippen LogP contribution in [0.2, 0.25) is 0 Å².